The van der Waals surface area contributed by atoms with Crippen LogP contribution in [0.25, 0.3) is 5.65 Å². The van der Waals surface area contributed by atoms with Gasteiger partial charge >= 0.3 is 5.97 Å². The third-order valence-corrected chi connectivity index (χ3v) is 2.48. The van der Waals surface area contributed by atoms with Gasteiger partial charge in [-0.05, 0) is 23.3 Å². The van der Waals surface area contributed by atoms with Crippen LogP contribution in [-0.4, -0.2) is 42.6 Å². The lowest BCUT2D eigenvalue weighted by Crippen LogP contribution is -2.07. The molecule has 0 aliphatic carbocycles. The van der Waals surface area contributed by atoms with Crippen LogP contribution in [0, 0.1) is 0 Å². The summed E-state index contributed by atoms with van der Waals surface area (Å²) in [6.45, 7) is 0.736. The average molecular weight is 250 g/mol. The molecular formula is C10H14N6O2. The van der Waals surface area contributed by atoms with Crippen molar-refractivity contribution < 1.29 is 9.90 Å². The van der Waals surface area contributed by atoms with E-state index in [0.717, 1.165) is 25.2 Å². The Kier molecular flexibility index (Phi) is 4.00. The molecule has 0 fully saturated rings. The highest BCUT2D eigenvalue weighted by Gasteiger charge is 2.02. The van der Waals surface area contributed by atoms with Crippen LogP contribution in [0.4, 0.5) is 5.82 Å². The number of carboxylic acids is 1. The summed E-state index contributed by atoms with van der Waals surface area (Å²) >= 11 is 0. The first kappa shape index (κ1) is 12.2. The van der Waals surface area contributed by atoms with Crippen LogP contribution in [0.3, 0.4) is 0 Å². The van der Waals surface area contributed by atoms with Crippen LogP contribution in [0.2, 0.25) is 0 Å². The molecule has 2 aromatic heterocycles. The lowest BCUT2D eigenvalue weighted by Gasteiger charge is -2.05. The number of rotatable bonds is 7. The molecule has 2 rings (SSSR count). The van der Waals surface area contributed by atoms with Gasteiger partial charge in [-0.2, -0.15) is 4.52 Å². The molecule has 18 heavy (non-hydrogen) atoms. The molecule has 0 saturated carbocycles. The number of fused-ring (bicyclic) bond motifs is 1. The lowest BCUT2D eigenvalue weighted by atomic mass is 10.2. The SMILES string of the molecule is O=C(O)CCCCCNc1cncc2nnnn12. The fourth-order valence-corrected chi connectivity index (χ4v) is 1.59. The van der Waals surface area contributed by atoms with Crippen molar-refractivity contribution in [1.82, 2.24) is 25.0 Å². The molecule has 0 aliphatic rings. The van der Waals surface area contributed by atoms with Crippen LogP contribution >= 0.6 is 0 Å². The Bertz CT molecular complexity index is 526. The predicted molar refractivity (Wildman–Crippen MR) is 63.2 cm³/mol. The Hall–Kier alpha value is -2.25. The summed E-state index contributed by atoms with van der Waals surface area (Å²) in [5, 5.41) is 22.8. The van der Waals surface area contributed by atoms with Crippen molar-refractivity contribution in [2.75, 3.05) is 11.9 Å². The maximum absolute atomic E-state index is 10.3. The number of aliphatic carboxylic acids is 1. The topological polar surface area (TPSA) is 105 Å². The molecule has 8 nitrogen and oxygen atoms in total. The fraction of sp³-hybridized carbons (Fsp3) is 0.500. The molecule has 0 atom stereocenters. The normalized spacial score (nSPS) is 10.7. The number of hydrogen-bond donors (Lipinski definition) is 2. The standard InChI is InChI=1S/C10H14N6O2/c17-10(18)4-2-1-3-5-12-8-6-11-7-9-13-14-15-16(8)9/h6-7,12H,1-5H2,(H,17,18). The molecule has 0 spiro atoms. The van der Waals surface area contributed by atoms with Crippen LogP contribution in [-0.2, 0) is 4.79 Å². The molecule has 2 heterocycles. The minimum atomic E-state index is -0.745. The third-order valence-electron chi connectivity index (χ3n) is 2.48. The van der Waals surface area contributed by atoms with E-state index in [-0.39, 0.29) is 6.42 Å². The van der Waals surface area contributed by atoms with Crippen molar-refractivity contribution in [3.05, 3.63) is 12.4 Å². The first-order chi connectivity index (χ1) is 8.77. The molecule has 0 saturated heterocycles. The van der Waals surface area contributed by atoms with Crippen LogP contribution in [0.1, 0.15) is 25.7 Å². The van der Waals surface area contributed by atoms with Gasteiger partial charge in [0.2, 0.25) is 0 Å². The number of tetrazole rings is 1. The maximum Gasteiger partial charge on any atom is 0.303 e. The van der Waals surface area contributed by atoms with Crippen molar-refractivity contribution in [2.45, 2.75) is 25.7 Å². The number of aromatic nitrogens is 5. The molecule has 0 amide bonds. The van der Waals surface area contributed by atoms with Gasteiger partial charge < -0.3 is 10.4 Å². The molecule has 0 bridgehead atoms. The molecule has 0 aliphatic heterocycles. The van der Waals surface area contributed by atoms with E-state index in [9.17, 15) is 4.79 Å². The van der Waals surface area contributed by atoms with E-state index < -0.39 is 5.97 Å². The van der Waals surface area contributed by atoms with Gasteiger partial charge in [0.25, 0.3) is 0 Å². The summed E-state index contributed by atoms with van der Waals surface area (Å²) < 4.78 is 1.57. The fourth-order valence-electron chi connectivity index (χ4n) is 1.59. The number of carboxylic acid groups (broad SMARTS) is 1. The van der Waals surface area contributed by atoms with Crippen molar-refractivity contribution in [3.8, 4) is 0 Å². The molecule has 8 heteroatoms. The molecular weight excluding hydrogens is 236 g/mol. The minimum Gasteiger partial charge on any atom is -0.481 e. The second-order valence-corrected chi connectivity index (χ2v) is 3.87. The zero-order chi connectivity index (χ0) is 12.8. The van der Waals surface area contributed by atoms with Gasteiger partial charge in [-0.3, -0.25) is 9.78 Å². The highest BCUT2D eigenvalue weighted by atomic mass is 16.4. The van der Waals surface area contributed by atoms with E-state index in [1.807, 2.05) is 0 Å². The second-order valence-electron chi connectivity index (χ2n) is 3.87. The number of hydrogen-bond acceptors (Lipinski definition) is 6. The number of unbranched alkanes of at least 4 members (excludes halogenated alkanes) is 2. The van der Waals surface area contributed by atoms with Crippen LogP contribution in [0.15, 0.2) is 12.4 Å². The highest BCUT2D eigenvalue weighted by Crippen LogP contribution is 2.06. The zero-order valence-electron chi connectivity index (χ0n) is 9.78. The summed E-state index contributed by atoms with van der Waals surface area (Å²) in [7, 11) is 0. The van der Waals surface area contributed by atoms with Crippen molar-refractivity contribution in [2.24, 2.45) is 0 Å². The summed E-state index contributed by atoms with van der Waals surface area (Å²) in [6.07, 6.45) is 5.93. The molecule has 0 aromatic carbocycles. The number of nitrogens with zero attached hydrogens (tertiary/aromatic N) is 5. The summed E-state index contributed by atoms with van der Waals surface area (Å²) in [5.41, 5.74) is 0.589. The number of nitrogens with one attached hydrogen (secondary N) is 1. The monoisotopic (exact) mass is 250 g/mol. The maximum atomic E-state index is 10.3. The highest BCUT2D eigenvalue weighted by molar-refractivity contribution is 5.66. The summed E-state index contributed by atoms with van der Waals surface area (Å²) in [5.74, 6) is -0.0126. The van der Waals surface area contributed by atoms with Crippen LogP contribution in [0.5, 0.6) is 0 Å². The van der Waals surface area contributed by atoms with E-state index in [0.29, 0.717) is 12.1 Å². The van der Waals surface area contributed by atoms with Gasteiger partial charge in [0, 0.05) is 13.0 Å². The number of carbonyl (C=O) groups is 1. The second kappa shape index (κ2) is 5.89. The number of anilines is 1. The van der Waals surface area contributed by atoms with Gasteiger partial charge in [0.1, 0.15) is 5.82 Å². The van der Waals surface area contributed by atoms with Gasteiger partial charge in [-0.1, -0.05) is 6.42 Å². The van der Waals surface area contributed by atoms with Crippen LogP contribution < -0.4 is 5.32 Å². The Balaban J connectivity index is 1.76. The third kappa shape index (κ3) is 3.12. The summed E-state index contributed by atoms with van der Waals surface area (Å²) in [4.78, 5) is 14.3. The van der Waals surface area contributed by atoms with E-state index in [1.54, 1.807) is 16.9 Å². The first-order valence-electron chi connectivity index (χ1n) is 5.75. The Morgan fingerprint density at radius 1 is 1.33 bits per heavy atom. The van der Waals surface area contributed by atoms with Crippen molar-refractivity contribution >= 4 is 17.4 Å². The van der Waals surface area contributed by atoms with E-state index >= 15 is 0 Å². The Morgan fingerprint density at radius 2 is 2.22 bits per heavy atom. The van der Waals surface area contributed by atoms with Crippen molar-refractivity contribution in [1.29, 1.82) is 0 Å². The Labute approximate surface area is 103 Å². The smallest absolute Gasteiger partial charge is 0.303 e. The minimum absolute atomic E-state index is 0.226. The lowest BCUT2D eigenvalue weighted by molar-refractivity contribution is -0.137. The van der Waals surface area contributed by atoms with Gasteiger partial charge in [-0.25, -0.2) is 0 Å². The van der Waals surface area contributed by atoms with Gasteiger partial charge in [-0.15, -0.1) is 5.10 Å². The molecule has 0 radical (unpaired) electrons. The van der Waals surface area contributed by atoms with E-state index in [2.05, 4.69) is 25.8 Å². The first-order valence-corrected chi connectivity index (χ1v) is 5.75. The largest absolute Gasteiger partial charge is 0.481 e. The summed E-state index contributed by atoms with van der Waals surface area (Å²) in [6, 6.07) is 0. The average Bonchev–Trinajstić information content (AvgIpc) is 2.82. The van der Waals surface area contributed by atoms with Gasteiger partial charge in [0.05, 0.1) is 12.4 Å². The van der Waals surface area contributed by atoms with E-state index in [1.165, 1.54) is 0 Å². The molecule has 2 aromatic rings. The van der Waals surface area contributed by atoms with Gasteiger partial charge in [0.15, 0.2) is 5.65 Å². The molecule has 0 unspecified atom stereocenters. The molecule has 2 N–H and O–H groups in total. The van der Waals surface area contributed by atoms with Crippen molar-refractivity contribution in [3.63, 3.8) is 0 Å². The zero-order valence-corrected chi connectivity index (χ0v) is 9.78. The Morgan fingerprint density at radius 3 is 3.06 bits per heavy atom. The predicted octanol–water partition coefficient (Wildman–Crippen LogP) is 0.576. The molecule has 96 valence electrons. The van der Waals surface area contributed by atoms with E-state index in [4.69, 9.17) is 5.11 Å². The quantitative estimate of drug-likeness (QED) is 0.692.